The largest absolute Gasteiger partial charge is 0.383 e. The lowest BCUT2D eigenvalue weighted by Gasteiger charge is -2.14. The molecule has 1 unspecified atom stereocenters. The van der Waals surface area contributed by atoms with Crippen molar-refractivity contribution < 1.29 is 0 Å². The minimum absolute atomic E-state index is 0.332. The zero-order chi connectivity index (χ0) is 11.2. The molecule has 15 heavy (non-hydrogen) atoms. The van der Waals surface area contributed by atoms with Crippen LogP contribution in [-0.4, -0.2) is 21.9 Å². The van der Waals surface area contributed by atoms with Crippen molar-refractivity contribution in [2.45, 2.75) is 39.3 Å². The molecule has 82 valence electrons. The molecule has 1 aromatic heterocycles. The molecule has 4 nitrogen and oxygen atoms in total. The highest BCUT2D eigenvalue weighted by Crippen LogP contribution is 2.34. The molecule has 0 spiro atoms. The fraction of sp³-hybridized carbons (Fsp3) is 0.636. The van der Waals surface area contributed by atoms with E-state index in [0.717, 1.165) is 23.6 Å². The Morgan fingerprint density at radius 1 is 1.40 bits per heavy atom. The molecule has 0 saturated heterocycles. The van der Waals surface area contributed by atoms with Gasteiger partial charge in [0.05, 0.1) is 5.69 Å². The third-order valence-corrected chi connectivity index (χ3v) is 3.07. The second-order valence-electron chi connectivity index (χ2n) is 4.57. The Balaban J connectivity index is 2.51. The summed E-state index contributed by atoms with van der Waals surface area (Å²) in [5, 5.41) is 0. The molecule has 1 aliphatic heterocycles. The van der Waals surface area contributed by atoms with E-state index in [1.807, 2.05) is 0 Å². The van der Waals surface area contributed by atoms with Gasteiger partial charge in [-0.25, -0.2) is 9.97 Å². The van der Waals surface area contributed by atoms with Crippen molar-refractivity contribution in [3.8, 4) is 0 Å². The van der Waals surface area contributed by atoms with Crippen molar-refractivity contribution in [3.63, 3.8) is 0 Å². The lowest BCUT2D eigenvalue weighted by atomic mass is 10.1. The van der Waals surface area contributed by atoms with Crippen LogP contribution in [0.4, 0.5) is 5.82 Å². The molecule has 1 aliphatic rings. The van der Waals surface area contributed by atoms with Crippen LogP contribution in [0.1, 0.15) is 49.8 Å². The smallest absolute Gasteiger partial charge is 0.133 e. The summed E-state index contributed by atoms with van der Waals surface area (Å²) >= 11 is 0. The van der Waals surface area contributed by atoms with Crippen LogP contribution in [0.25, 0.3) is 0 Å². The number of nitrogens with zero attached hydrogens (tertiary/aromatic N) is 3. The summed E-state index contributed by atoms with van der Waals surface area (Å²) < 4.78 is 0. The van der Waals surface area contributed by atoms with Crippen molar-refractivity contribution >= 4 is 5.82 Å². The number of hydrogen-bond acceptors (Lipinski definition) is 4. The standard InChI is InChI=1S/C11H18N4/c1-6(2)11-13-8-5-15(4)7(3)9(8)10(12)14-11/h6-7H,5H2,1-4H3,(H2,12,13,14). The van der Waals surface area contributed by atoms with E-state index in [-0.39, 0.29) is 0 Å². The molecule has 0 amide bonds. The third-order valence-electron chi connectivity index (χ3n) is 3.07. The molecule has 2 N–H and O–H groups in total. The minimum atomic E-state index is 0.332. The van der Waals surface area contributed by atoms with Crippen LogP contribution in [0.15, 0.2) is 0 Å². The maximum atomic E-state index is 5.99. The molecule has 2 rings (SSSR count). The summed E-state index contributed by atoms with van der Waals surface area (Å²) in [5.41, 5.74) is 8.20. The average Bonchev–Trinajstić information content (AvgIpc) is 2.42. The predicted molar refractivity (Wildman–Crippen MR) is 60.4 cm³/mol. The highest BCUT2D eigenvalue weighted by Gasteiger charge is 2.28. The predicted octanol–water partition coefficient (Wildman–Crippen LogP) is 1.69. The van der Waals surface area contributed by atoms with Crippen molar-refractivity contribution in [1.82, 2.24) is 14.9 Å². The monoisotopic (exact) mass is 206 g/mol. The number of aromatic nitrogens is 2. The van der Waals surface area contributed by atoms with Gasteiger partial charge in [-0.05, 0) is 14.0 Å². The van der Waals surface area contributed by atoms with E-state index in [4.69, 9.17) is 5.73 Å². The Morgan fingerprint density at radius 3 is 2.67 bits per heavy atom. The summed E-state index contributed by atoms with van der Waals surface area (Å²) in [4.78, 5) is 11.2. The van der Waals surface area contributed by atoms with Crippen molar-refractivity contribution in [1.29, 1.82) is 0 Å². The topological polar surface area (TPSA) is 55.0 Å². The summed E-state index contributed by atoms with van der Waals surface area (Å²) in [6.07, 6.45) is 0. The Bertz CT molecular complexity index is 386. The molecular formula is C11H18N4. The number of rotatable bonds is 1. The molecule has 0 saturated carbocycles. The van der Waals surface area contributed by atoms with Crippen molar-refractivity contribution in [3.05, 3.63) is 17.1 Å². The van der Waals surface area contributed by atoms with E-state index in [9.17, 15) is 0 Å². The molecule has 1 aromatic rings. The van der Waals surface area contributed by atoms with Gasteiger partial charge in [0.15, 0.2) is 0 Å². The van der Waals surface area contributed by atoms with Gasteiger partial charge in [-0.2, -0.15) is 0 Å². The van der Waals surface area contributed by atoms with E-state index < -0.39 is 0 Å². The Morgan fingerprint density at radius 2 is 2.07 bits per heavy atom. The second kappa shape index (κ2) is 3.45. The number of hydrogen-bond donors (Lipinski definition) is 1. The summed E-state index contributed by atoms with van der Waals surface area (Å²) in [7, 11) is 2.08. The molecule has 0 fully saturated rings. The first-order valence-electron chi connectivity index (χ1n) is 5.37. The average molecular weight is 206 g/mol. The maximum Gasteiger partial charge on any atom is 0.133 e. The lowest BCUT2D eigenvalue weighted by molar-refractivity contribution is 0.285. The van der Waals surface area contributed by atoms with Gasteiger partial charge >= 0.3 is 0 Å². The summed E-state index contributed by atoms with van der Waals surface area (Å²) in [5.74, 6) is 1.84. The van der Waals surface area contributed by atoms with Gasteiger partial charge in [0, 0.05) is 24.1 Å². The zero-order valence-corrected chi connectivity index (χ0v) is 9.78. The van der Waals surface area contributed by atoms with Crippen LogP contribution in [-0.2, 0) is 6.54 Å². The first kappa shape index (κ1) is 10.4. The van der Waals surface area contributed by atoms with Gasteiger partial charge in [0.2, 0.25) is 0 Å². The van der Waals surface area contributed by atoms with E-state index in [1.54, 1.807) is 0 Å². The van der Waals surface area contributed by atoms with Crippen LogP contribution < -0.4 is 5.73 Å². The van der Waals surface area contributed by atoms with Gasteiger partial charge in [-0.1, -0.05) is 13.8 Å². The van der Waals surface area contributed by atoms with E-state index in [2.05, 4.69) is 42.7 Å². The Hall–Kier alpha value is -1.16. The molecule has 0 radical (unpaired) electrons. The maximum absolute atomic E-state index is 5.99. The van der Waals surface area contributed by atoms with Crippen LogP contribution in [0.2, 0.25) is 0 Å². The van der Waals surface area contributed by atoms with Crippen LogP contribution >= 0.6 is 0 Å². The number of nitrogens with two attached hydrogens (primary N) is 1. The molecule has 1 atom stereocenters. The highest BCUT2D eigenvalue weighted by molar-refractivity contribution is 5.46. The quantitative estimate of drug-likeness (QED) is 0.759. The van der Waals surface area contributed by atoms with Crippen molar-refractivity contribution in [2.24, 2.45) is 0 Å². The van der Waals surface area contributed by atoms with E-state index >= 15 is 0 Å². The summed E-state index contributed by atoms with van der Waals surface area (Å²) in [6, 6.07) is 0.334. The van der Waals surface area contributed by atoms with Gasteiger partial charge in [-0.3, -0.25) is 4.90 Å². The normalized spacial score (nSPS) is 21.0. The van der Waals surface area contributed by atoms with E-state index in [0.29, 0.717) is 17.8 Å². The molecule has 4 heteroatoms. The first-order valence-corrected chi connectivity index (χ1v) is 5.37. The number of fused-ring (bicyclic) bond motifs is 1. The molecule has 2 heterocycles. The molecule has 0 aromatic carbocycles. The SMILES string of the molecule is CC(C)c1nc(N)c2c(n1)CN(C)C2C. The fourth-order valence-corrected chi connectivity index (χ4v) is 1.98. The molecule has 0 bridgehead atoms. The van der Waals surface area contributed by atoms with Gasteiger partial charge in [0.25, 0.3) is 0 Å². The second-order valence-corrected chi connectivity index (χ2v) is 4.57. The first-order chi connectivity index (χ1) is 7.00. The van der Waals surface area contributed by atoms with Gasteiger partial charge < -0.3 is 5.73 Å². The minimum Gasteiger partial charge on any atom is -0.383 e. The van der Waals surface area contributed by atoms with E-state index in [1.165, 1.54) is 0 Å². The number of anilines is 1. The highest BCUT2D eigenvalue weighted by atomic mass is 15.2. The van der Waals surface area contributed by atoms with Gasteiger partial charge in [0.1, 0.15) is 11.6 Å². The summed E-state index contributed by atoms with van der Waals surface area (Å²) in [6.45, 7) is 7.19. The lowest BCUT2D eigenvalue weighted by Crippen LogP contribution is -2.13. The number of nitrogen functional groups attached to an aromatic ring is 1. The van der Waals surface area contributed by atoms with Gasteiger partial charge in [-0.15, -0.1) is 0 Å². The Kier molecular flexibility index (Phi) is 2.38. The Labute approximate surface area is 90.5 Å². The third kappa shape index (κ3) is 1.59. The zero-order valence-electron chi connectivity index (χ0n) is 9.78. The molecule has 0 aliphatic carbocycles. The fourth-order valence-electron chi connectivity index (χ4n) is 1.98. The van der Waals surface area contributed by atoms with Crippen LogP contribution in [0.5, 0.6) is 0 Å². The van der Waals surface area contributed by atoms with Crippen LogP contribution in [0.3, 0.4) is 0 Å². The van der Waals surface area contributed by atoms with Crippen molar-refractivity contribution in [2.75, 3.05) is 12.8 Å². The molecular weight excluding hydrogens is 188 g/mol. The van der Waals surface area contributed by atoms with Crippen LogP contribution in [0, 0.1) is 0 Å².